The topological polar surface area (TPSA) is 75.5 Å². The normalized spacial score (nSPS) is 12.9. The predicted molar refractivity (Wildman–Crippen MR) is 159 cm³/mol. The zero-order chi connectivity index (χ0) is 29.0. The van der Waals surface area contributed by atoms with Gasteiger partial charge in [-0.15, -0.1) is 0 Å². The van der Waals surface area contributed by atoms with Crippen LogP contribution < -0.4 is 4.90 Å². The summed E-state index contributed by atoms with van der Waals surface area (Å²) in [7, 11) is -2.17. The molecule has 0 saturated carbocycles. The fraction of sp³-hybridized carbons (Fsp3) is 0.406. The zero-order valence-corrected chi connectivity index (χ0v) is 25.7. The molecule has 7 heteroatoms. The number of pyridine rings is 1. The van der Waals surface area contributed by atoms with Crippen molar-refractivity contribution in [3.05, 3.63) is 94.7 Å². The monoisotopic (exact) mass is 543 g/mol. The molecule has 0 saturated heterocycles. The molecule has 0 radical (unpaired) electrons. The van der Waals surface area contributed by atoms with E-state index in [9.17, 15) is 10.1 Å². The number of hydrogen-bond donors (Lipinski definition) is 0. The molecule has 39 heavy (non-hydrogen) atoms. The Kier molecular flexibility index (Phi) is 9.04. The summed E-state index contributed by atoms with van der Waals surface area (Å²) in [6.07, 6.45) is 0.912. The molecule has 1 amide bonds. The molecule has 206 valence electrons. The highest BCUT2D eigenvalue weighted by Crippen LogP contribution is 2.42. The first-order valence-electron chi connectivity index (χ1n) is 13.3. The first kappa shape index (κ1) is 30.1. The highest BCUT2D eigenvalue weighted by molar-refractivity contribution is 6.74. The van der Waals surface area contributed by atoms with Crippen LogP contribution in [0.2, 0.25) is 18.1 Å². The largest absolute Gasteiger partial charge is 0.443 e. The maximum absolute atomic E-state index is 13.4. The number of aromatic nitrogens is 1. The average Bonchev–Trinajstić information content (AvgIpc) is 2.84. The van der Waals surface area contributed by atoms with E-state index in [2.05, 4.69) is 70.0 Å². The van der Waals surface area contributed by atoms with Gasteiger partial charge in [0.15, 0.2) is 8.32 Å². The molecule has 0 N–H and O–H groups in total. The summed E-state index contributed by atoms with van der Waals surface area (Å²) in [6, 6.07) is 21.6. The van der Waals surface area contributed by atoms with Crippen molar-refractivity contribution in [2.24, 2.45) is 0 Å². The number of rotatable bonds is 7. The number of benzene rings is 2. The summed E-state index contributed by atoms with van der Waals surface area (Å²) in [5.41, 5.74) is 3.89. The molecule has 2 aromatic carbocycles. The van der Waals surface area contributed by atoms with Gasteiger partial charge in [-0.1, -0.05) is 62.7 Å². The lowest BCUT2D eigenvalue weighted by Gasteiger charge is -2.39. The van der Waals surface area contributed by atoms with Crippen LogP contribution in [0.5, 0.6) is 0 Å². The first-order valence-corrected chi connectivity index (χ1v) is 16.2. The fourth-order valence-electron chi connectivity index (χ4n) is 3.80. The van der Waals surface area contributed by atoms with Gasteiger partial charge in [-0.3, -0.25) is 4.90 Å². The number of carbonyl (C=O) groups is 1. The smallest absolute Gasteiger partial charge is 0.416 e. The van der Waals surface area contributed by atoms with E-state index in [0.717, 1.165) is 22.3 Å². The van der Waals surface area contributed by atoms with Crippen LogP contribution in [0.3, 0.4) is 0 Å². The van der Waals surface area contributed by atoms with E-state index in [1.54, 1.807) is 18.3 Å². The Hall–Kier alpha value is -3.47. The molecule has 0 aliphatic carbocycles. The predicted octanol–water partition coefficient (Wildman–Crippen LogP) is 8.31. The van der Waals surface area contributed by atoms with Gasteiger partial charge in [0.25, 0.3) is 0 Å². The third-order valence-electron chi connectivity index (χ3n) is 6.95. The Morgan fingerprint density at radius 3 is 2.21 bits per heavy atom. The molecule has 0 aliphatic heterocycles. The van der Waals surface area contributed by atoms with Gasteiger partial charge >= 0.3 is 6.09 Å². The second kappa shape index (κ2) is 11.7. The highest BCUT2D eigenvalue weighted by atomic mass is 28.4. The number of carbonyl (C=O) groups excluding carboxylic acids is 1. The van der Waals surface area contributed by atoms with Crippen LogP contribution in [0.25, 0.3) is 0 Å². The van der Waals surface area contributed by atoms with E-state index < -0.39 is 20.0 Å². The molecule has 0 bridgehead atoms. The number of ether oxygens (including phenoxy) is 1. The quantitative estimate of drug-likeness (QED) is 0.280. The fourth-order valence-corrected chi connectivity index (χ4v) is 5.02. The Balaban J connectivity index is 2.09. The van der Waals surface area contributed by atoms with E-state index in [1.807, 2.05) is 51.1 Å². The van der Waals surface area contributed by atoms with Crippen molar-refractivity contribution >= 4 is 20.2 Å². The van der Waals surface area contributed by atoms with Crippen LogP contribution in [0.15, 0.2) is 66.9 Å². The molecular formula is C32H41N3O3Si. The Bertz CT molecular complexity index is 1330. The molecule has 0 aliphatic rings. The van der Waals surface area contributed by atoms with E-state index >= 15 is 0 Å². The first-order chi connectivity index (χ1) is 18.1. The summed E-state index contributed by atoms with van der Waals surface area (Å²) in [6.45, 7) is 19.0. The number of hydrogen-bond acceptors (Lipinski definition) is 5. The third-order valence-corrected chi connectivity index (χ3v) is 11.4. The van der Waals surface area contributed by atoms with Crippen molar-refractivity contribution in [2.75, 3.05) is 4.90 Å². The SMILES string of the molecule is Cc1cccc(C(O[Si](C)(C)C(C)(C)C)c2ccnc(N(Cc3ccc(C#N)cc3)C(=O)OC(C)(C)C)c2)c1. The maximum Gasteiger partial charge on any atom is 0.416 e. The average molecular weight is 544 g/mol. The summed E-state index contributed by atoms with van der Waals surface area (Å²) in [5.74, 6) is 0.475. The maximum atomic E-state index is 13.4. The number of aryl methyl sites for hydroxylation is 1. The standard InChI is InChI=1S/C32H41N3O3Si/c1-23-11-10-12-26(19-23)29(38-39(8,9)32(5,6)7)27-17-18-34-28(20-27)35(30(36)37-31(2,3)4)22-25-15-13-24(21-33)14-16-25/h10-20,29H,22H2,1-9H3. The lowest BCUT2D eigenvalue weighted by Crippen LogP contribution is -2.42. The van der Waals surface area contributed by atoms with Crippen LogP contribution in [0.1, 0.15) is 75.5 Å². The van der Waals surface area contributed by atoms with Crippen molar-refractivity contribution in [1.29, 1.82) is 5.26 Å². The van der Waals surface area contributed by atoms with E-state index in [4.69, 9.17) is 9.16 Å². The number of amides is 1. The van der Waals surface area contributed by atoms with Gasteiger partial charge in [0.2, 0.25) is 0 Å². The molecule has 0 fully saturated rings. The molecule has 1 heterocycles. The minimum absolute atomic E-state index is 0.0169. The molecule has 0 spiro atoms. The van der Waals surface area contributed by atoms with E-state index in [-0.39, 0.29) is 17.7 Å². The van der Waals surface area contributed by atoms with Crippen LogP contribution in [0.4, 0.5) is 10.6 Å². The molecule has 1 atom stereocenters. The molecule has 1 unspecified atom stereocenters. The Morgan fingerprint density at radius 2 is 1.64 bits per heavy atom. The number of anilines is 1. The molecule has 6 nitrogen and oxygen atoms in total. The highest BCUT2D eigenvalue weighted by Gasteiger charge is 2.40. The van der Waals surface area contributed by atoms with Crippen LogP contribution in [0, 0.1) is 18.3 Å². The van der Waals surface area contributed by atoms with E-state index in [1.165, 1.54) is 4.90 Å². The molecule has 3 aromatic rings. The summed E-state index contributed by atoms with van der Waals surface area (Å²) in [5, 5.41) is 9.19. The van der Waals surface area contributed by atoms with Gasteiger partial charge in [0, 0.05) is 6.20 Å². The van der Waals surface area contributed by atoms with Crippen molar-refractivity contribution in [3.63, 3.8) is 0 Å². The van der Waals surface area contributed by atoms with Crippen molar-refractivity contribution in [3.8, 4) is 6.07 Å². The molecule has 3 rings (SSSR count). The van der Waals surface area contributed by atoms with Crippen molar-refractivity contribution in [2.45, 2.75) is 84.8 Å². The van der Waals surface area contributed by atoms with Crippen molar-refractivity contribution in [1.82, 2.24) is 4.98 Å². The second-order valence-corrected chi connectivity index (χ2v) is 17.3. The second-order valence-electron chi connectivity index (χ2n) is 12.5. The Morgan fingerprint density at radius 1 is 1.00 bits per heavy atom. The molecular weight excluding hydrogens is 502 g/mol. The summed E-state index contributed by atoms with van der Waals surface area (Å²) < 4.78 is 12.8. The summed E-state index contributed by atoms with van der Waals surface area (Å²) in [4.78, 5) is 19.6. The summed E-state index contributed by atoms with van der Waals surface area (Å²) >= 11 is 0. The molecule has 1 aromatic heterocycles. The van der Waals surface area contributed by atoms with Gasteiger partial charge < -0.3 is 9.16 Å². The lowest BCUT2D eigenvalue weighted by atomic mass is 10.0. The van der Waals surface area contributed by atoms with Crippen LogP contribution >= 0.6 is 0 Å². The number of nitriles is 1. The van der Waals surface area contributed by atoms with E-state index in [0.29, 0.717) is 11.4 Å². The van der Waals surface area contributed by atoms with Crippen LogP contribution in [-0.4, -0.2) is 25.0 Å². The van der Waals surface area contributed by atoms with Gasteiger partial charge in [-0.05, 0) is 86.8 Å². The van der Waals surface area contributed by atoms with Gasteiger partial charge in [-0.25, -0.2) is 9.78 Å². The number of nitrogens with zero attached hydrogens (tertiary/aromatic N) is 3. The van der Waals surface area contributed by atoms with Gasteiger partial charge in [0.05, 0.1) is 24.3 Å². The van der Waals surface area contributed by atoms with Gasteiger partial charge in [0.1, 0.15) is 11.4 Å². The third kappa shape index (κ3) is 8.01. The van der Waals surface area contributed by atoms with Crippen LogP contribution in [-0.2, 0) is 15.7 Å². The zero-order valence-electron chi connectivity index (χ0n) is 24.7. The minimum atomic E-state index is -2.17. The minimum Gasteiger partial charge on any atom is -0.443 e. The Labute approximate surface area is 234 Å². The lowest BCUT2D eigenvalue weighted by molar-refractivity contribution is 0.0576. The van der Waals surface area contributed by atoms with Crippen molar-refractivity contribution < 1.29 is 14.0 Å². The van der Waals surface area contributed by atoms with Gasteiger partial charge in [-0.2, -0.15) is 5.26 Å².